The Balaban J connectivity index is 1.83. The fourth-order valence-electron chi connectivity index (χ4n) is 7.87. The van der Waals surface area contributed by atoms with Gasteiger partial charge in [-0.2, -0.15) is 0 Å². The van der Waals surface area contributed by atoms with Crippen molar-refractivity contribution in [3.05, 3.63) is 23.8 Å². The van der Waals surface area contributed by atoms with E-state index >= 15 is 4.39 Å². The third kappa shape index (κ3) is 2.94. The number of hydrogen-bond acceptors (Lipinski definition) is 5. The van der Waals surface area contributed by atoms with Crippen LogP contribution in [-0.4, -0.2) is 46.4 Å². The summed E-state index contributed by atoms with van der Waals surface area (Å²) >= 11 is 6.02. The maximum Gasteiger partial charge on any atom is 0.306 e. The summed E-state index contributed by atoms with van der Waals surface area (Å²) in [4.78, 5) is 37.7. The second kappa shape index (κ2) is 7.76. The summed E-state index contributed by atoms with van der Waals surface area (Å²) in [6.45, 7) is 7.35. The highest BCUT2D eigenvalue weighted by Gasteiger charge is 2.73. The SMILES string of the molecule is CCC(=O)O[C@@]1(C(=O)CCl)[C@@H](C)C[C@H]2[C@@H]3C[C@H](F)C4=CC(=O)C=C[C@]4(C)[C@H]3[C@@H](O)C[C@@]21C. The van der Waals surface area contributed by atoms with Crippen LogP contribution in [-0.2, 0) is 19.1 Å². The van der Waals surface area contributed by atoms with Gasteiger partial charge in [-0.1, -0.05) is 33.8 Å². The Labute approximate surface area is 193 Å². The van der Waals surface area contributed by atoms with Gasteiger partial charge in [0.2, 0.25) is 0 Å². The summed E-state index contributed by atoms with van der Waals surface area (Å²) < 4.78 is 21.4. The van der Waals surface area contributed by atoms with Crippen molar-refractivity contribution < 1.29 is 28.6 Å². The number of esters is 1. The average molecular weight is 467 g/mol. The maximum absolute atomic E-state index is 15.5. The molecule has 9 atom stereocenters. The molecule has 7 heteroatoms. The van der Waals surface area contributed by atoms with Crippen molar-refractivity contribution in [1.82, 2.24) is 0 Å². The van der Waals surface area contributed by atoms with E-state index in [1.807, 2.05) is 20.8 Å². The van der Waals surface area contributed by atoms with Gasteiger partial charge in [0.15, 0.2) is 17.2 Å². The highest BCUT2D eigenvalue weighted by Crippen LogP contribution is 2.69. The van der Waals surface area contributed by atoms with E-state index in [0.717, 1.165) is 0 Å². The Bertz CT molecular complexity index is 914. The molecule has 0 radical (unpaired) electrons. The van der Waals surface area contributed by atoms with Gasteiger partial charge in [0.1, 0.15) is 6.17 Å². The summed E-state index contributed by atoms with van der Waals surface area (Å²) in [5, 5.41) is 11.5. The quantitative estimate of drug-likeness (QED) is 0.501. The molecule has 1 N–H and O–H groups in total. The number of alkyl halides is 2. The molecule has 0 amide bonds. The van der Waals surface area contributed by atoms with Gasteiger partial charge in [-0.3, -0.25) is 14.4 Å². The van der Waals surface area contributed by atoms with Crippen LogP contribution in [0.3, 0.4) is 0 Å². The predicted octanol–water partition coefficient (Wildman–Crippen LogP) is 3.96. The van der Waals surface area contributed by atoms with Crippen LogP contribution in [0.15, 0.2) is 23.8 Å². The van der Waals surface area contributed by atoms with E-state index in [4.69, 9.17) is 16.3 Å². The number of fused-ring (bicyclic) bond motifs is 5. The lowest BCUT2D eigenvalue weighted by Crippen LogP contribution is -2.64. The van der Waals surface area contributed by atoms with E-state index in [1.54, 1.807) is 13.0 Å². The van der Waals surface area contributed by atoms with Crippen LogP contribution in [0, 0.1) is 34.5 Å². The van der Waals surface area contributed by atoms with Crippen molar-refractivity contribution in [1.29, 1.82) is 0 Å². The van der Waals surface area contributed by atoms with Crippen LogP contribution in [0.1, 0.15) is 53.4 Å². The number of carbonyl (C=O) groups excluding carboxylic acids is 3. The number of halogens is 2. The topological polar surface area (TPSA) is 80.7 Å². The van der Waals surface area contributed by atoms with E-state index in [-0.39, 0.29) is 60.4 Å². The van der Waals surface area contributed by atoms with Gasteiger partial charge in [0.25, 0.3) is 0 Å². The summed E-state index contributed by atoms with van der Waals surface area (Å²) in [6, 6.07) is 0. The number of aliphatic hydroxyl groups excluding tert-OH is 1. The van der Waals surface area contributed by atoms with E-state index in [2.05, 4.69) is 0 Å². The van der Waals surface area contributed by atoms with Crippen LogP contribution in [0.4, 0.5) is 4.39 Å². The minimum atomic E-state index is -1.44. The predicted molar refractivity (Wildman–Crippen MR) is 118 cm³/mol. The molecule has 0 bridgehead atoms. The van der Waals surface area contributed by atoms with Crippen molar-refractivity contribution >= 4 is 29.1 Å². The molecule has 32 heavy (non-hydrogen) atoms. The zero-order valence-corrected chi connectivity index (χ0v) is 19.8. The maximum atomic E-state index is 15.5. The number of allylic oxidation sites excluding steroid dienone is 4. The second-order valence-electron chi connectivity index (χ2n) is 10.6. The fourth-order valence-corrected chi connectivity index (χ4v) is 8.07. The molecule has 4 aliphatic carbocycles. The molecular weight excluding hydrogens is 435 g/mol. The molecule has 0 aromatic rings. The van der Waals surface area contributed by atoms with E-state index < -0.39 is 34.7 Å². The smallest absolute Gasteiger partial charge is 0.306 e. The van der Waals surface area contributed by atoms with Gasteiger partial charge in [0.05, 0.1) is 12.0 Å². The zero-order chi connectivity index (χ0) is 23.6. The van der Waals surface area contributed by atoms with Gasteiger partial charge >= 0.3 is 5.97 Å². The molecule has 5 nitrogen and oxygen atoms in total. The van der Waals surface area contributed by atoms with Gasteiger partial charge < -0.3 is 9.84 Å². The van der Waals surface area contributed by atoms with Crippen LogP contribution in [0.5, 0.6) is 0 Å². The first kappa shape index (κ1) is 23.6. The molecule has 176 valence electrons. The first-order valence-corrected chi connectivity index (χ1v) is 12.1. The Morgan fingerprint density at radius 3 is 2.62 bits per heavy atom. The minimum absolute atomic E-state index is 0.122. The molecular formula is C25H32ClFO5. The van der Waals surface area contributed by atoms with E-state index in [9.17, 15) is 19.5 Å². The highest BCUT2D eigenvalue weighted by molar-refractivity contribution is 6.29. The largest absolute Gasteiger partial charge is 0.450 e. The normalized spacial score (nSPS) is 47.2. The number of aliphatic hydroxyl groups is 1. The number of ketones is 2. The molecule has 0 spiro atoms. The zero-order valence-electron chi connectivity index (χ0n) is 19.1. The molecule has 0 unspecified atom stereocenters. The summed E-state index contributed by atoms with van der Waals surface area (Å²) in [7, 11) is 0. The molecule has 0 aliphatic heterocycles. The Hall–Kier alpha value is -1.53. The Morgan fingerprint density at radius 2 is 2.00 bits per heavy atom. The first-order valence-electron chi connectivity index (χ1n) is 11.5. The lowest BCUT2D eigenvalue weighted by Gasteiger charge is -2.60. The summed E-state index contributed by atoms with van der Waals surface area (Å²) in [5.74, 6) is -2.33. The number of ether oxygens (including phenoxy) is 1. The molecule has 4 aliphatic rings. The number of Topliss-reactive ketones (excluding diaryl/α,β-unsaturated/α-hetero) is 1. The third-order valence-corrected chi connectivity index (χ3v) is 9.36. The van der Waals surface area contributed by atoms with Crippen molar-refractivity contribution in [3.63, 3.8) is 0 Å². The highest BCUT2D eigenvalue weighted by atomic mass is 35.5. The lowest BCUT2D eigenvalue weighted by atomic mass is 9.46. The average Bonchev–Trinajstić information content (AvgIpc) is 2.95. The monoisotopic (exact) mass is 466 g/mol. The van der Waals surface area contributed by atoms with Gasteiger partial charge in [0, 0.05) is 29.1 Å². The lowest BCUT2D eigenvalue weighted by molar-refractivity contribution is -0.204. The van der Waals surface area contributed by atoms with E-state index in [1.165, 1.54) is 12.2 Å². The number of carbonyl (C=O) groups is 3. The molecule has 0 saturated heterocycles. The van der Waals surface area contributed by atoms with Gasteiger partial charge in [-0.05, 0) is 48.8 Å². The summed E-state index contributed by atoms with van der Waals surface area (Å²) in [6.07, 6.45) is 3.53. The Kier molecular flexibility index (Phi) is 5.73. The van der Waals surface area contributed by atoms with Crippen molar-refractivity contribution in [2.24, 2.45) is 34.5 Å². The first-order chi connectivity index (χ1) is 15.0. The Morgan fingerprint density at radius 1 is 1.31 bits per heavy atom. The molecule has 4 rings (SSSR count). The fraction of sp³-hybridized carbons (Fsp3) is 0.720. The number of rotatable bonds is 4. The van der Waals surface area contributed by atoms with Crippen molar-refractivity contribution in [3.8, 4) is 0 Å². The van der Waals surface area contributed by atoms with Crippen LogP contribution < -0.4 is 0 Å². The molecule has 0 heterocycles. The summed E-state index contributed by atoms with van der Waals surface area (Å²) in [5.41, 5.74) is -2.66. The molecule has 0 aromatic carbocycles. The number of hydrogen-bond donors (Lipinski definition) is 1. The van der Waals surface area contributed by atoms with Gasteiger partial charge in [-0.15, -0.1) is 11.6 Å². The molecule has 3 fully saturated rings. The van der Waals surface area contributed by atoms with Crippen LogP contribution >= 0.6 is 11.6 Å². The van der Waals surface area contributed by atoms with Crippen molar-refractivity contribution in [2.75, 3.05) is 5.88 Å². The van der Waals surface area contributed by atoms with Crippen LogP contribution in [0.25, 0.3) is 0 Å². The van der Waals surface area contributed by atoms with Crippen LogP contribution in [0.2, 0.25) is 0 Å². The minimum Gasteiger partial charge on any atom is -0.450 e. The molecule has 0 aromatic heterocycles. The second-order valence-corrected chi connectivity index (χ2v) is 10.8. The van der Waals surface area contributed by atoms with E-state index in [0.29, 0.717) is 12.0 Å². The molecule has 3 saturated carbocycles. The standard InChI is InChI=1S/C25H32ClFO5/c1-5-21(31)32-25(20(30)12-26)13(2)8-16-15-10-18(27)17-9-14(28)6-7-23(17,3)22(15)19(29)11-24(16,25)4/h6-7,9,13,15-16,18-19,22,29H,5,8,10-12H2,1-4H3/t13-,15-,16-,18-,19-,22+,23-,24-,25+/m0/s1. The van der Waals surface area contributed by atoms with Gasteiger partial charge in [-0.25, -0.2) is 4.39 Å². The third-order valence-electron chi connectivity index (χ3n) is 9.12. The van der Waals surface area contributed by atoms with Crippen molar-refractivity contribution in [2.45, 2.75) is 71.3 Å².